The summed E-state index contributed by atoms with van der Waals surface area (Å²) in [5.74, 6) is -1.66. The van der Waals surface area contributed by atoms with Crippen molar-refractivity contribution in [3.05, 3.63) is 11.1 Å². The van der Waals surface area contributed by atoms with Crippen LogP contribution in [0.25, 0.3) is 0 Å². The van der Waals surface area contributed by atoms with Crippen molar-refractivity contribution in [3.63, 3.8) is 0 Å². The molecule has 1 N–H and O–H groups in total. The molecule has 6 heteroatoms. The molecular weight excluding hydrogens is 184 g/mol. The molecule has 0 spiro atoms. The first-order valence-electron chi connectivity index (χ1n) is 2.46. The van der Waals surface area contributed by atoms with Gasteiger partial charge in [-0.25, -0.2) is 4.79 Å². The minimum Gasteiger partial charge on any atom is -0.478 e. The summed E-state index contributed by atoms with van der Waals surface area (Å²) in [6.45, 7) is 0. The molecule has 0 heterocycles. The molecule has 0 amide bonds. The zero-order valence-corrected chi connectivity index (χ0v) is 5.91. The molecule has 0 rings (SSSR count). The molecule has 0 aliphatic heterocycles. The predicted octanol–water partition coefficient (Wildman–Crippen LogP) is 2.15. The second-order valence-electron chi connectivity index (χ2n) is 1.73. The van der Waals surface area contributed by atoms with Gasteiger partial charge in [-0.3, -0.25) is 0 Å². The van der Waals surface area contributed by atoms with Gasteiger partial charge in [-0.15, -0.1) is 0 Å². The average Bonchev–Trinajstić information content (AvgIpc) is 1.80. The van der Waals surface area contributed by atoms with Crippen LogP contribution in [-0.4, -0.2) is 17.3 Å². The van der Waals surface area contributed by atoms with Crippen molar-refractivity contribution in [2.75, 3.05) is 0 Å². The third-order valence-corrected chi connectivity index (χ3v) is 1.06. The Hall–Kier alpha value is -0.710. The lowest BCUT2D eigenvalue weighted by Crippen LogP contribution is -2.13. The van der Waals surface area contributed by atoms with Gasteiger partial charge in [0.2, 0.25) is 0 Å². The van der Waals surface area contributed by atoms with E-state index in [4.69, 9.17) is 16.7 Å². The van der Waals surface area contributed by atoms with E-state index in [0.717, 1.165) is 0 Å². The quantitative estimate of drug-likeness (QED) is 0.674. The minimum absolute atomic E-state index is 0.413. The van der Waals surface area contributed by atoms with Crippen LogP contribution in [-0.2, 0) is 4.79 Å². The molecule has 0 saturated carbocycles. The SMILES string of the molecule is O=C(O)C(=CCl)CC(F)(F)F. The molecule has 2 nitrogen and oxygen atoms in total. The largest absolute Gasteiger partial charge is 0.478 e. The van der Waals surface area contributed by atoms with Crippen LogP contribution in [0.4, 0.5) is 13.2 Å². The number of hydrogen-bond acceptors (Lipinski definition) is 1. The molecule has 0 aromatic rings. The summed E-state index contributed by atoms with van der Waals surface area (Å²) in [6, 6.07) is 0. The summed E-state index contributed by atoms with van der Waals surface area (Å²) in [5.41, 5.74) is -0.449. The minimum atomic E-state index is -4.53. The number of aliphatic carboxylic acids is 1. The lowest BCUT2D eigenvalue weighted by atomic mass is 10.2. The van der Waals surface area contributed by atoms with Crippen molar-refractivity contribution in [2.24, 2.45) is 0 Å². The summed E-state index contributed by atoms with van der Waals surface area (Å²) >= 11 is 4.83. The molecule has 0 saturated heterocycles. The summed E-state index contributed by atoms with van der Waals surface area (Å²) in [6.07, 6.45) is -6.04. The first kappa shape index (κ1) is 10.3. The van der Waals surface area contributed by atoms with Gasteiger partial charge in [0.15, 0.2) is 0 Å². The maximum atomic E-state index is 11.5. The molecule has 64 valence electrons. The van der Waals surface area contributed by atoms with E-state index in [1.54, 1.807) is 0 Å². The normalized spacial score (nSPS) is 13.3. The molecule has 0 bridgehead atoms. The average molecular weight is 189 g/mol. The monoisotopic (exact) mass is 188 g/mol. The lowest BCUT2D eigenvalue weighted by molar-refractivity contribution is -0.142. The summed E-state index contributed by atoms with van der Waals surface area (Å²) in [7, 11) is 0. The van der Waals surface area contributed by atoms with Gasteiger partial charge >= 0.3 is 12.1 Å². The van der Waals surface area contributed by atoms with Crippen molar-refractivity contribution >= 4 is 17.6 Å². The highest BCUT2D eigenvalue weighted by molar-refractivity contribution is 6.27. The molecule has 0 atom stereocenters. The second-order valence-corrected chi connectivity index (χ2v) is 1.95. The fraction of sp³-hybridized carbons (Fsp3) is 0.400. The summed E-state index contributed by atoms with van der Waals surface area (Å²) < 4.78 is 34.5. The Balaban J connectivity index is 4.24. The van der Waals surface area contributed by atoms with E-state index < -0.39 is 24.1 Å². The van der Waals surface area contributed by atoms with Crippen LogP contribution >= 0.6 is 11.6 Å². The standard InChI is InChI=1S/C5H4ClF3O2/c6-2-3(4(10)11)1-5(7,8)9/h2H,1H2,(H,10,11). The fourth-order valence-corrected chi connectivity index (χ4v) is 0.547. The Labute approximate surface area is 65.3 Å². The fourth-order valence-electron chi connectivity index (χ4n) is 0.377. The highest BCUT2D eigenvalue weighted by Gasteiger charge is 2.31. The molecule has 0 aliphatic rings. The van der Waals surface area contributed by atoms with Crippen molar-refractivity contribution < 1.29 is 23.1 Å². The van der Waals surface area contributed by atoms with Gasteiger partial charge in [-0.1, -0.05) is 11.6 Å². The van der Waals surface area contributed by atoms with Crippen LogP contribution < -0.4 is 0 Å². The number of carbonyl (C=O) groups is 1. The molecule has 0 aliphatic carbocycles. The van der Waals surface area contributed by atoms with Gasteiger partial charge < -0.3 is 5.11 Å². The number of halogens is 4. The van der Waals surface area contributed by atoms with Crippen molar-refractivity contribution in [1.82, 2.24) is 0 Å². The highest BCUT2D eigenvalue weighted by atomic mass is 35.5. The van der Waals surface area contributed by atoms with Gasteiger partial charge in [-0.05, 0) is 0 Å². The van der Waals surface area contributed by atoms with Crippen LogP contribution in [0.2, 0.25) is 0 Å². The van der Waals surface area contributed by atoms with Gasteiger partial charge in [0, 0.05) is 5.54 Å². The second kappa shape index (κ2) is 3.61. The summed E-state index contributed by atoms with van der Waals surface area (Å²) in [4.78, 5) is 9.96. The number of carboxylic acid groups (broad SMARTS) is 1. The number of alkyl halides is 3. The molecule has 0 unspecified atom stereocenters. The molecule has 0 fully saturated rings. The van der Waals surface area contributed by atoms with Gasteiger partial charge in [-0.2, -0.15) is 13.2 Å². The maximum Gasteiger partial charge on any atom is 0.393 e. The van der Waals surface area contributed by atoms with Crippen LogP contribution in [0.1, 0.15) is 6.42 Å². The van der Waals surface area contributed by atoms with E-state index in [0.29, 0.717) is 5.54 Å². The molecule has 0 aromatic heterocycles. The third-order valence-electron chi connectivity index (χ3n) is 0.797. The first-order valence-corrected chi connectivity index (χ1v) is 2.90. The van der Waals surface area contributed by atoms with E-state index in [-0.39, 0.29) is 0 Å². The van der Waals surface area contributed by atoms with Gasteiger partial charge in [0.1, 0.15) is 0 Å². The number of rotatable bonds is 2. The van der Waals surface area contributed by atoms with Crippen molar-refractivity contribution in [1.29, 1.82) is 0 Å². The van der Waals surface area contributed by atoms with E-state index >= 15 is 0 Å². The Morgan fingerprint density at radius 1 is 1.55 bits per heavy atom. The van der Waals surface area contributed by atoms with E-state index in [1.807, 2.05) is 0 Å². The van der Waals surface area contributed by atoms with Gasteiger partial charge in [0.25, 0.3) is 0 Å². The topological polar surface area (TPSA) is 37.3 Å². The van der Waals surface area contributed by atoms with Crippen LogP contribution in [0.5, 0.6) is 0 Å². The first-order chi connectivity index (χ1) is 4.87. The molecule has 11 heavy (non-hydrogen) atoms. The van der Waals surface area contributed by atoms with Gasteiger partial charge in [0.05, 0.1) is 12.0 Å². The Morgan fingerprint density at radius 2 is 2.00 bits per heavy atom. The molecular formula is C5H4ClF3O2. The lowest BCUT2D eigenvalue weighted by Gasteiger charge is -2.04. The smallest absolute Gasteiger partial charge is 0.393 e. The van der Waals surface area contributed by atoms with Crippen molar-refractivity contribution in [2.45, 2.75) is 12.6 Å². The summed E-state index contributed by atoms with van der Waals surface area (Å²) in [5, 5.41) is 8.08. The molecule has 0 radical (unpaired) electrons. The Kier molecular flexibility index (Phi) is 3.38. The van der Waals surface area contributed by atoms with Crippen LogP contribution in [0.3, 0.4) is 0 Å². The van der Waals surface area contributed by atoms with Crippen molar-refractivity contribution in [3.8, 4) is 0 Å². The zero-order valence-electron chi connectivity index (χ0n) is 5.15. The van der Waals surface area contributed by atoms with E-state index in [9.17, 15) is 18.0 Å². The maximum absolute atomic E-state index is 11.5. The van der Waals surface area contributed by atoms with Crippen LogP contribution in [0.15, 0.2) is 11.1 Å². The zero-order chi connectivity index (χ0) is 9.07. The van der Waals surface area contributed by atoms with E-state index in [2.05, 4.69) is 0 Å². The Bertz CT molecular complexity index is 185. The molecule has 0 aromatic carbocycles. The highest BCUT2D eigenvalue weighted by Crippen LogP contribution is 2.24. The van der Waals surface area contributed by atoms with Crippen LogP contribution in [0, 0.1) is 0 Å². The van der Waals surface area contributed by atoms with E-state index in [1.165, 1.54) is 0 Å². The third kappa shape index (κ3) is 4.66. The Morgan fingerprint density at radius 3 is 2.09 bits per heavy atom. The number of hydrogen-bond donors (Lipinski definition) is 1. The number of carboxylic acids is 1. The predicted molar refractivity (Wildman–Crippen MR) is 32.2 cm³/mol.